The zero-order chi connectivity index (χ0) is 18.9. The number of piperidine rings is 1. The Morgan fingerprint density at radius 3 is 2.63 bits per heavy atom. The molecule has 1 fully saturated rings. The summed E-state index contributed by atoms with van der Waals surface area (Å²) < 4.78 is 5.91. The van der Waals surface area contributed by atoms with E-state index in [1.807, 2.05) is 23.5 Å². The molecule has 0 atom stereocenters. The van der Waals surface area contributed by atoms with Crippen LogP contribution in [0.1, 0.15) is 61.3 Å². The van der Waals surface area contributed by atoms with E-state index in [0.717, 1.165) is 31.9 Å². The number of aryl methyl sites for hydroxylation is 2. The number of aromatic nitrogens is 3. The molecule has 2 aliphatic rings. The molecule has 1 aliphatic carbocycles. The second-order valence-corrected chi connectivity index (χ2v) is 10.0. The summed E-state index contributed by atoms with van der Waals surface area (Å²) in [6.07, 6.45) is 6.08. The highest BCUT2D eigenvalue weighted by molar-refractivity contribution is 7.11. The topological polar surface area (TPSA) is 51.1 Å². The summed E-state index contributed by atoms with van der Waals surface area (Å²) in [5.74, 6) is 1.24. The molecular formula is C21H30N4OS. The molecule has 5 nitrogen and oxygen atoms in total. The van der Waals surface area contributed by atoms with Crippen molar-refractivity contribution in [1.82, 2.24) is 20.1 Å². The van der Waals surface area contributed by atoms with Crippen molar-refractivity contribution in [2.45, 2.75) is 64.8 Å². The summed E-state index contributed by atoms with van der Waals surface area (Å²) in [6.45, 7) is 10.5. The minimum Gasteiger partial charge on any atom is -0.476 e. The first kappa shape index (κ1) is 18.8. The van der Waals surface area contributed by atoms with Gasteiger partial charge in [0.1, 0.15) is 5.01 Å². The normalized spacial score (nSPS) is 18.6. The molecule has 27 heavy (non-hydrogen) atoms. The van der Waals surface area contributed by atoms with Crippen LogP contribution in [0.2, 0.25) is 0 Å². The first-order chi connectivity index (χ1) is 13.0. The number of thiazole rings is 1. The number of hydrogen-bond acceptors (Lipinski definition) is 6. The second-order valence-electron chi connectivity index (χ2n) is 8.87. The lowest BCUT2D eigenvalue weighted by molar-refractivity contribution is 0.134. The third-order valence-corrected chi connectivity index (χ3v) is 6.72. The quantitative estimate of drug-likeness (QED) is 0.777. The van der Waals surface area contributed by atoms with Crippen molar-refractivity contribution in [2.24, 2.45) is 5.92 Å². The molecule has 0 N–H and O–H groups in total. The van der Waals surface area contributed by atoms with Crippen LogP contribution in [0, 0.1) is 5.92 Å². The van der Waals surface area contributed by atoms with Crippen LogP contribution >= 0.6 is 11.3 Å². The molecule has 1 saturated heterocycles. The molecule has 0 bridgehead atoms. The van der Waals surface area contributed by atoms with E-state index in [4.69, 9.17) is 9.72 Å². The van der Waals surface area contributed by atoms with Gasteiger partial charge in [-0.25, -0.2) is 4.98 Å². The van der Waals surface area contributed by atoms with Crippen molar-refractivity contribution < 1.29 is 4.74 Å². The van der Waals surface area contributed by atoms with Crippen molar-refractivity contribution in [3.05, 3.63) is 33.4 Å². The monoisotopic (exact) mass is 386 g/mol. The highest BCUT2D eigenvalue weighted by atomic mass is 32.1. The van der Waals surface area contributed by atoms with Crippen LogP contribution in [-0.2, 0) is 24.8 Å². The zero-order valence-electron chi connectivity index (χ0n) is 16.7. The lowest BCUT2D eigenvalue weighted by Crippen LogP contribution is -2.35. The summed E-state index contributed by atoms with van der Waals surface area (Å²) in [6, 6.07) is 3.97. The molecule has 3 heterocycles. The van der Waals surface area contributed by atoms with Gasteiger partial charge in [-0.2, -0.15) is 5.10 Å². The lowest BCUT2D eigenvalue weighted by atomic mass is 9.92. The third-order valence-electron chi connectivity index (χ3n) is 5.58. The number of ether oxygens (including phenoxy) is 1. The Labute approximate surface area is 166 Å². The van der Waals surface area contributed by atoms with Gasteiger partial charge in [0, 0.05) is 16.4 Å². The number of fused-ring (bicyclic) bond motifs is 1. The van der Waals surface area contributed by atoms with E-state index < -0.39 is 0 Å². The maximum absolute atomic E-state index is 5.91. The van der Waals surface area contributed by atoms with Gasteiger partial charge in [0.25, 0.3) is 0 Å². The highest BCUT2D eigenvalue weighted by Crippen LogP contribution is 2.29. The van der Waals surface area contributed by atoms with E-state index >= 15 is 0 Å². The van der Waals surface area contributed by atoms with Crippen LogP contribution in [-0.4, -0.2) is 39.8 Å². The predicted octanol–water partition coefficient (Wildman–Crippen LogP) is 4.01. The standard InChI is InChI=1S/C21H30N4OS/c1-21(2,3)18-7-8-19(24-23-18)26-14-15-9-11-25(12-10-15)13-20-22-16-5-4-6-17(16)27-20/h7-8,15H,4-6,9-14H2,1-3H3. The summed E-state index contributed by atoms with van der Waals surface area (Å²) in [5, 5.41) is 9.85. The Morgan fingerprint density at radius 2 is 1.96 bits per heavy atom. The van der Waals surface area contributed by atoms with Gasteiger partial charge in [0.15, 0.2) is 0 Å². The minimum absolute atomic E-state index is 0.0237. The van der Waals surface area contributed by atoms with Crippen LogP contribution < -0.4 is 4.74 Å². The number of rotatable bonds is 5. The Bertz CT molecular complexity index is 736. The maximum Gasteiger partial charge on any atom is 0.233 e. The Balaban J connectivity index is 1.21. The van der Waals surface area contributed by atoms with Gasteiger partial charge >= 0.3 is 0 Å². The minimum atomic E-state index is 0.0237. The molecule has 146 valence electrons. The van der Waals surface area contributed by atoms with Crippen molar-refractivity contribution in [3.8, 4) is 5.88 Å². The fraction of sp³-hybridized carbons (Fsp3) is 0.667. The predicted molar refractivity (Wildman–Crippen MR) is 108 cm³/mol. The number of likely N-dealkylation sites (tertiary alicyclic amines) is 1. The molecule has 2 aromatic rings. The Hall–Kier alpha value is -1.53. The molecule has 0 amide bonds. The molecule has 0 spiro atoms. The van der Waals surface area contributed by atoms with Crippen molar-refractivity contribution in [1.29, 1.82) is 0 Å². The first-order valence-corrected chi connectivity index (χ1v) is 11.0. The summed E-state index contributed by atoms with van der Waals surface area (Å²) in [7, 11) is 0. The summed E-state index contributed by atoms with van der Waals surface area (Å²) in [5.41, 5.74) is 2.39. The smallest absolute Gasteiger partial charge is 0.233 e. The van der Waals surface area contributed by atoms with Gasteiger partial charge in [-0.15, -0.1) is 16.4 Å². The second kappa shape index (κ2) is 7.84. The van der Waals surface area contributed by atoms with E-state index in [1.54, 1.807) is 0 Å². The number of nitrogens with zero attached hydrogens (tertiary/aromatic N) is 4. The Morgan fingerprint density at radius 1 is 1.15 bits per heavy atom. The van der Waals surface area contributed by atoms with Crippen molar-refractivity contribution >= 4 is 11.3 Å². The molecular weight excluding hydrogens is 356 g/mol. The van der Waals surface area contributed by atoms with E-state index in [9.17, 15) is 0 Å². The van der Waals surface area contributed by atoms with Crippen molar-refractivity contribution in [3.63, 3.8) is 0 Å². The average Bonchev–Trinajstić information content (AvgIpc) is 3.22. The first-order valence-electron chi connectivity index (χ1n) is 10.1. The van der Waals surface area contributed by atoms with Crippen LogP contribution in [0.25, 0.3) is 0 Å². The molecule has 0 unspecified atom stereocenters. The molecule has 0 aromatic carbocycles. The van der Waals surface area contributed by atoms with Gasteiger partial charge in [-0.05, 0) is 57.2 Å². The van der Waals surface area contributed by atoms with Crippen LogP contribution in [0.4, 0.5) is 0 Å². The number of hydrogen-bond donors (Lipinski definition) is 0. The van der Waals surface area contributed by atoms with Gasteiger partial charge in [-0.3, -0.25) is 4.90 Å². The maximum atomic E-state index is 5.91. The van der Waals surface area contributed by atoms with Crippen molar-refractivity contribution in [2.75, 3.05) is 19.7 Å². The van der Waals surface area contributed by atoms with Gasteiger partial charge in [0.05, 0.1) is 24.5 Å². The summed E-state index contributed by atoms with van der Waals surface area (Å²) >= 11 is 1.93. The van der Waals surface area contributed by atoms with Gasteiger partial charge in [0.2, 0.25) is 5.88 Å². The van der Waals surface area contributed by atoms with Crippen LogP contribution in [0.5, 0.6) is 5.88 Å². The SMILES string of the molecule is CC(C)(C)c1ccc(OCC2CCN(Cc3nc4c(s3)CCC4)CC2)nn1. The van der Waals surface area contributed by atoms with E-state index in [0.29, 0.717) is 11.8 Å². The van der Waals surface area contributed by atoms with Crippen LogP contribution in [0.15, 0.2) is 12.1 Å². The molecule has 4 rings (SSSR count). The molecule has 6 heteroatoms. The van der Waals surface area contributed by atoms with Gasteiger partial charge < -0.3 is 4.74 Å². The largest absolute Gasteiger partial charge is 0.476 e. The molecule has 0 saturated carbocycles. The highest BCUT2D eigenvalue weighted by Gasteiger charge is 2.23. The fourth-order valence-corrected chi connectivity index (χ4v) is 5.01. The lowest BCUT2D eigenvalue weighted by Gasteiger charge is -2.31. The Kier molecular flexibility index (Phi) is 5.46. The molecule has 2 aromatic heterocycles. The van der Waals surface area contributed by atoms with Crippen LogP contribution in [0.3, 0.4) is 0 Å². The fourth-order valence-electron chi connectivity index (χ4n) is 3.81. The zero-order valence-corrected chi connectivity index (χ0v) is 17.5. The molecule has 1 aliphatic heterocycles. The van der Waals surface area contributed by atoms with E-state index in [1.165, 1.54) is 47.7 Å². The average molecular weight is 387 g/mol. The molecule has 0 radical (unpaired) electrons. The summed E-state index contributed by atoms with van der Waals surface area (Å²) in [4.78, 5) is 8.92. The van der Waals surface area contributed by atoms with E-state index in [2.05, 4.69) is 35.9 Å². The third kappa shape index (κ3) is 4.66. The van der Waals surface area contributed by atoms with E-state index in [-0.39, 0.29) is 5.41 Å². The van der Waals surface area contributed by atoms with Gasteiger partial charge in [-0.1, -0.05) is 20.8 Å².